The van der Waals surface area contributed by atoms with Crippen molar-refractivity contribution < 1.29 is 10.2 Å². The summed E-state index contributed by atoms with van der Waals surface area (Å²) in [6.45, 7) is 2.10. The summed E-state index contributed by atoms with van der Waals surface area (Å²) in [7, 11) is 0. The third kappa shape index (κ3) is 2.72. The van der Waals surface area contributed by atoms with Crippen LogP contribution < -0.4 is 5.73 Å². The lowest BCUT2D eigenvalue weighted by Gasteiger charge is -2.14. The Bertz CT molecular complexity index is 299. The first-order chi connectivity index (χ1) is 6.65. The van der Waals surface area contributed by atoms with Crippen molar-refractivity contribution in [2.45, 2.75) is 25.8 Å². The molecule has 0 aromatic heterocycles. The van der Waals surface area contributed by atoms with Gasteiger partial charge in [-0.15, -0.1) is 0 Å². The van der Waals surface area contributed by atoms with E-state index >= 15 is 0 Å². The summed E-state index contributed by atoms with van der Waals surface area (Å²) >= 11 is 0. The summed E-state index contributed by atoms with van der Waals surface area (Å²) in [6, 6.07) is 5.13. The van der Waals surface area contributed by atoms with E-state index < -0.39 is 0 Å². The van der Waals surface area contributed by atoms with Crippen molar-refractivity contribution in [2.24, 2.45) is 5.73 Å². The van der Waals surface area contributed by atoms with Crippen LogP contribution in [0.4, 0.5) is 0 Å². The molecule has 0 bridgehead atoms. The largest absolute Gasteiger partial charge is 0.508 e. The summed E-state index contributed by atoms with van der Waals surface area (Å²) in [4.78, 5) is 0. The number of aliphatic hydroxyl groups excluding tert-OH is 1. The second-order valence-corrected chi connectivity index (χ2v) is 3.51. The maximum atomic E-state index is 9.21. The minimum atomic E-state index is -0.0530. The number of aryl methyl sites for hydroxylation is 1. The van der Waals surface area contributed by atoms with Crippen LogP contribution in [-0.4, -0.2) is 16.8 Å². The molecule has 1 aromatic carbocycles. The number of phenols is 1. The zero-order chi connectivity index (χ0) is 10.6. The first-order valence-electron chi connectivity index (χ1n) is 4.81. The lowest BCUT2D eigenvalue weighted by atomic mass is 9.98. The number of benzene rings is 1. The molecular formula is C11H17NO2. The Morgan fingerprint density at radius 2 is 2.14 bits per heavy atom. The summed E-state index contributed by atoms with van der Waals surface area (Å²) in [5.41, 5.74) is 7.97. The minimum Gasteiger partial charge on any atom is -0.508 e. The second kappa shape index (κ2) is 4.98. The standard InChI is InChI=1S/C11H17NO2/c1-8-7-9(14)4-5-10(8)11(12)3-2-6-13/h4-5,7,11,13-14H,2-3,6,12H2,1H3/t11-/m1/s1. The topological polar surface area (TPSA) is 66.5 Å². The third-order valence-electron chi connectivity index (χ3n) is 2.33. The molecule has 14 heavy (non-hydrogen) atoms. The van der Waals surface area contributed by atoms with Crippen molar-refractivity contribution >= 4 is 0 Å². The quantitative estimate of drug-likeness (QED) is 0.681. The maximum Gasteiger partial charge on any atom is 0.115 e. The molecule has 0 spiro atoms. The van der Waals surface area contributed by atoms with Crippen molar-refractivity contribution in [2.75, 3.05) is 6.61 Å². The normalized spacial score (nSPS) is 12.8. The van der Waals surface area contributed by atoms with Crippen LogP contribution >= 0.6 is 0 Å². The van der Waals surface area contributed by atoms with Gasteiger partial charge in [0.2, 0.25) is 0 Å². The Morgan fingerprint density at radius 3 is 2.71 bits per heavy atom. The van der Waals surface area contributed by atoms with Gasteiger partial charge in [0, 0.05) is 12.6 Å². The highest BCUT2D eigenvalue weighted by molar-refractivity contribution is 5.35. The smallest absolute Gasteiger partial charge is 0.115 e. The molecule has 3 heteroatoms. The first-order valence-corrected chi connectivity index (χ1v) is 4.81. The number of phenolic OH excluding ortho intramolecular Hbond substituents is 1. The molecule has 4 N–H and O–H groups in total. The van der Waals surface area contributed by atoms with Crippen LogP contribution in [0.25, 0.3) is 0 Å². The van der Waals surface area contributed by atoms with Crippen LogP contribution in [0.3, 0.4) is 0 Å². The summed E-state index contributed by atoms with van der Waals surface area (Å²) < 4.78 is 0. The average molecular weight is 195 g/mol. The van der Waals surface area contributed by atoms with Gasteiger partial charge < -0.3 is 15.9 Å². The van der Waals surface area contributed by atoms with E-state index in [-0.39, 0.29) is 18.4 Å². The number of hydrogen-bond donors (Lipinski definition) is 3. The summed E-state index contributed by atoms with van der Waals surface area (Å²) in [5.74, 6) is 0.264. The Hall–Kier alpha value is -1.06. The average Bonchev–Trinajstić information content (AvgIpc) is 2.14. The first kappa shape index (κ1) is 11.0. The number of nitrogens with two attached hydrogens (primary N) is 1. The fourth-order valence-corrected chi connectivity index (χ4v) is 1.54. The predicted molar refractivity (Wildman–Crippen MR) is 56.1 cm³/mol. The molecule has 0 amide bonds. The molecule has 0 radical (unpaired) electrons. The monoisotopic (exact) mass is 195 g/mol. The van der Waals surface area contributed by atoms with Gasteiger partial charge in [-0.2, -0.15) is 0 Å². The second-order valence-electron chi connectivity index (χ2n) is 3.51. The van der Waals surface area contributed by atoms with E-state index in [0.29, 0.717) is 6.42 Å². The molecule has 0 aliphatic heterocycles. The molecule has 0 aliphatic rings. The van der Waals surface area contributed by atoms with Crippen molar-refractivity contribution in [1.29, 1.82) is 0 Å². The van der Waals surface area contributed by atoms with E-state index in [1.54, 1.807) is 12.1 Å². The van der Waals surface area contributed by atoms with Gasteiger partial charge in [-0.25, -0.2) is 0 Å². The lowest BCUT2D eigenvalue weighted by molar-refractivity contribution is 0.280. The Morgan fingerprint density at radius 1 is 1.43 bits per heavy atom. The van der Waals surface area contributed by atoms with Gasteiger partial charge >= 0.3 is 0 Å². The van der Waals surface area contributed by atoms with Crippen LogP contribution in [0.5, 0.6) is 5.75 Å². The molecular weight excluding hydrogens is 178 g/mol. The van der Waals surface area contributed by atoms with E-state index in [1.807, 2.05) is 13.0 Å². The Labute approximate surface area is 84.2 Å². The van der Waals surface area contributed by atoms with E-state index in [1.165, 1.54) is 0 Å². The Kier molecular flexibility index (Phi) is 3.92. The molecule has 3 nitrogen and oxygen atoms in total. The van der Waals surface area contributed by atoms with Crippen LogP contribution in [0.2, 0.25) is 0 Å². The molecule has 0 saturated heterocycles. The van der Waals surface area contributed by atoms with E-state index in [4.69, 9.17) is 10.8 Å². The summed E-state index contributed by atoms with van der Waals surface area (Å²) in [6.07, 6.45) is 1.48. The molecule has 0 saturated carbocycles. The minimum absolute atomic E-state index is 0.0530. The number of aromatic hydroxyl groups is 1. The van der Waals surface area contributed by atoms with Gasteiger partial charge in [0.05, 0.1) is 0 Å². The van der Waals surface area contributed by atoms with Crippen molar-refractivity contribution in [1.82, 2.24) is 0 Å². The van der Waals surface area contributed by atoms with Crippen LogP contribution in [-0.2, 0) is 0 Å². The molecule has 0 fully saturated rings. The van der Waals surface area contributed by atoms with Crippen molar-refractivity contribution in [3.8, 4) is 5.75 Å². The van der Waals surface area contributed by atoms with Gasteiger partial charge in [0.1, 0.15) is 5.75 Å². The molecule has 0 unspecified atom stereocenters. The molecule has 78 valence electrons. The fraction of sp³-hybridized carbons (Fsp3) is 0.455. The number of hydrogen-bond acceptors (Lipinski definition) is 3. The molecule has 1 atom stereocenters. The number of aliphatic hydroxyl groups is 1. The number of rotatable bonds is 4. The van der Waals surface area contributed by atoms with Gasteiger partial charge in [-0.1, -0.05) is 6.07 Å². The zero-order valence-electron chi connectivity index (χ0n) is 8.40. The highest BCUT2D eigenvalue weighted by Crippen LogP contribution is 2.22. The van der Waals surface area contributed by atoms with Gasteiger partial charge in [-0.3, -0.25) is 0 Å². The summed E-state index contributed by atoms with van der Waals surface area (Å²) in [5, 5.41) is 17.9. The van der Waals surface area contributed by atoms with Gasteiger partial charge in [-0.05, 0) is 43.0 Å². The maximum absolute atomic E-state index is 9.21. The predicted octanol–water partition coefficient (Wildman–Crippen LogP) is 1.47. The molecule has 0 aliphatic carbocycles. The Balaban J connectivity index is 2.74. The molecule has 1 rings (SSSR count). The van der Waals surface area contributed by atoms with E-state index in [0.717, 1.165) is 17.5 Å². The highest BCUT2D eigenvalue weighted by atomic mass is 16.3. The van der Waals surface area contributed by atoms with Crippen LogP contribution in [0, 0.1) is 6.92 Å². The van der Waals surface area contributed by atoms with E-state index in [2.05, 4.69) is 0 Å². The third-order valence-corrected chi connectivity index (χ3v) is 2.33. The lowest BCUT2D eigenvalue weighted by Crippen LogP contribution is -2.12. The van der Waals surface area contributed by atoms with Gasteiger partial charge in [0.25, 0.3) is 0 Å². The van der Waals surface area contributed by atoms with Crippen LogP contribution in [0.1, 0.15) is 30.0 Å². The van der Waals surface area contributed by atoms with Crippen LogP contribution in [0.15, 0.2) is 18.2 Å². The highest BCUT2D eigenvalue weighted by Gasteiger charge is 2.08. The van der Waals surface area contributed by atoms with E-state index in [9.17, 15) is 5.11 Å². The van der Waals surface area contributed by atoms with Crippen molar-refractivity contribution in [3.63, 3.8) is 0 Å². The fourth-order valence-electron chi connectivity index (χ4n) is 1.54. The van der Waals surface area contributed by atoms with Gasteiger partial charge in [0.15, 0.2) is 0 Å². The van der Waals surface area contributed by atoms with Crippen molar-refractivity contribution in [3.05, 3.63) is 29.3 Å². The zero-order valence-corrected chi connectivity index (χ0v) is 8.40. The molecule has 1 aromatic rings. The molecule has 0 heterocycles. The SMILES string of the molecule is Cc1cc(O)ccc1[C@H](N)CCCO.